The molecule has 148 valence electrons. The lowest BCUT2D eigenvalue weighted by Gasteiger charge is -2.06. The third-order valence-electron chi connectivity index (χ3n) is 4.46. The number of thiazole rings is 1. The Hall–Kier alpha value is -3.13. The summed E-state index contributed by atoms with van der Waals surface area (Å²) in [5, 5.41) is 8.26. The Morgan fingerprint density at radius 3 is 2.59 bits per heavy atom. The van der Waals surface area contributed by atoms with E-state index in [2.05, 4.69) is 20.6 Å². The lowest BCUT2D eigenvalue weighted by Crippen LogP contribution is -2.16. The minimum atomic E-state index is -0.266. The van der Waals surface area contributed by atoms with Crippen molar-refractivity contribution in [2.75, 3.05) is 10.6 Å². The topological polar surface area (TPSA) is 84.0 Å². The van der Waals surface area contributed by atoms with Crippen molar-refractivity contribution in [2.45, 2.75) is 25.7 Å². The minimum Gasteiger partial charge on any atom is -0.324 e. The van der Waals surface area contributed by atoms with E-state index in [1.807, 2.05) is 5.38 Å². The van der Waals surface area contributed by atoms with Gasteiger partial charge in [0.05, 0.1) is 29.0 Å². The number of benzene rings is 1. The predicted octanol–water partition coefficient (Wildman–Crippen LogP) is 3.80. The number of hydrogen-bond donors (Lipinski definition) is 2. The van der Waals surface area contributed by atoms with Crippen molar-refractivity contribution in [1.82, 2.24) is 9.97 Å². The fourth-order valence-electron chi connectivity index (χ4n) is 2.77. The zero-order chi connectivity index (χ0) is 20.2. The molecule has 1 aliphatic carbocycles. The van der Waals surface area contributed by atoms with Crippen LogP contribution < -0.4 is 10.6 Å². The largest absolute Gasteiger partial charge is 0.324 e. The second-order valence-corrected chi connectivity index (χ2v) is 7.90. The first kappa shape index (κ1) is 19.2. The zero-order valence-corrected chi connectivity index (χ0v) is 16.3. The molecule has 0 radical (unpaired) electrons. The average molecular weight is 410 g/mol. The molecule has 0 bridgehead atoms. The smallest absolute Gasteiger partial charge is 0.230 e. The van der Waals surface area contributed by atoms with Gasteiger partial charge in [0.25, 0.3) is 0 Å². The third-order valence-corrected chi connectivity index (χ3v) is 5.35. The molecule has 29 heavy (non-hydrogen) atoms. The van der Waals surface area contributed by atoms with Crippen molar-refractivity contribution in [2.24, 2.45) is 5.92 Å². The highest BCUT2D eigenvalue weighted by molar-refractivity contribution is 7.09. The first-order chi connectivity index (χ1) is 14.0. The van der Waals surface area contributed by atoms with E-state index in [1.165, 1.54) is 29.7 Å². The minimum absolute atomic E-state index is 0.00532. The van der Waals surface area contributed by atoms with Gasteiger partial charge in [-0.25, -0.2) is 14.4 Å². The van der Waals surface area contributed by atoms with Gasteiger partial charge < -0.3 is 10.6 Å². The highest BCUT2D eigenvalue weighted by Crippen LogP contribution is 2.30. The molecule has 2 N–H and O–H groups in total. The van der Waals surface area contributed by atoms with Crippen molar-refractivity contribution in [3.05, 3.63) is 70.1 Å². The van der Waals surface area contributed by atoms with E-state index in [0.29, 0.717) is 23.6 Å². The quantitative estimate of drug-likeness (QED) is 0.621. The van der Waals surface area contributed by atoms with Crippen LogP contribution in [0.4, 0.5) is 15.9 Å². The molecule has 8 heteroatoms. The Bertz CT molecular complexity index is 1010. The average Bonchev–Trinajstić information content (AvgIpc) is 3.47. The number of aromatic nitrogens is 2. The molecule has 0 spiro atoms. The maximum Gasteiger partial charge on any atom is 0.230 e. The maximum atomic E-state index is 13.0. The molecular weight excluding hydrogens is 391 g/mol. The summed E-state index contributed by atoms with van der Waals surface area (Å²) in [6.07, 6.45) is 4.14. The van der Waals surface area contributed by atoms with Crippen LogP contribution in [0.1, 0.15) is 29.1 Å². The Balaban J connectivity index is 1.28. The second kappa shape index (κ2) is 8.48. The normalized spacial score (nSPS) is 13.1. The van der Waals surface area contributed by atoms with Crippen LogP contribution in [0.3, 0.4) is 0 Å². The number of carbonyl (C=O) groups excluding carboxylic acids is 2. The van der Waals surface area contributed by atoms with Gasteiger partial charge in [-0.1, -0.05) is 12.1 Å². The predicted molar refractivity (Wildman–Crippen MR) is 109 cm³/mol. The summed E-state index contributed by atoms with van der Waals surface area (Å²) in [6, 6.07) is 9.68. The van der Waals surface area contributed by atoms with Crippen LogP contribution in [0.15, 0.2) is 48.0 Å². The zero-order valence-electron chi connectivity index (χ0n) is 15.5. The van der Waals surface area contributed by atoms with Crippen molar-refractivity contribution in [1.29, 1.82) is 0 Å². The van der Waals surface area contributed by atoms with Crippen molar-refractivity contribution < 1.29 is 14.0 Å². The third kappa shape index (κ3) is 5.45. The van der Waals surface area contributed by atoms with Crippen LogP contribution in [0.5, 0.6) is 0 Å². The molecule has 2 heterocycles. The van der Waals surface area contributed by atoms with Crippen LogP contribution in [0.25, 0.3) is 0 Å². The number of nitrogens with zero attached hydrogens (tertiary/aromatic N) is 2. The monoisotopic (exact) mass is 410 g/mol. The van der Waals surface area contributed by atoms with Crippen LogP contribution in [-0.2, 0) is 22.4 Å². The number of nitrogens with one attached hydrogen (secondary N) is 2. The number of pyridine rings is 1. The summed E-state index contributed by atoms with van der Waals surface area (Å²) in [7, 11) is 0. The summed E-state index contributed by atoms with van der Waals surface area (Å²) >= 11 is 1.47. The number of rotatable bonds is 7. The summed E-state index contributed by atoms with van der Waals surface area (Å²) < 4.78 is 13.0. The molecule has 4 rings (SSSR count). The summed E-state index contributed by atoms with van der Waals surface area (Å²) in [5.41, 5.74) is 2.21. The standard InChI is InChI=1S/C21H19FN4O2S/c22-15-5-1-13(2-6-15)9-20-25-17(12-29-20)10-19(27)24-16-7-8-18(23-11-16)26-21(28)14-3-4-14/h1-2,5-8,11-12,14H,3-4,9-10H2,(H,24,27)(H,23,26,28). The molecule has 1 aromatic carbocycles. The molecular formula is C21H19FN4O2S. The van der Waals surface area contributed by atoms with Gasteiger partial charge in [-0.2, -0.15) is 0 Å². The Kier molecular flexibility index (Phi) is 5.62. The molecule has 0 aliphatic heterocycles. The number of halogens is 1. The van der Waals surface area contributed by atoms with Gasteiger partial charge in [-0.3, -0.25) is 9.59 Å². The van der Waals surface area contributed by atoms with Gasteiger partial charge in [-0.15, -0.1) is 11.3 Å². The van der Waals surface area contributed by atoms with Gasteiger partial charge in [0.15, 0.2) is 0 Å². The number of hydrogen-bond acceptors (Lipinski definition) is 5. The van der Waals surface area contributed by atoms with Crippen molar-refractivity contribution in [3.63, 3.8) is 0 Å². The van der Waals surface area contributed by atoms with E-state index < -0.39 is 0 Å². The molecule has 0 saturated heterocycles. The fraction of sp³-hybridized carbons (Fsp3) is 0.238. The maximum absolute atomic E-state index is 13.0. The fourth-order valence-corrected chi connectivity index (χ4v) is 3.60. The number of carbonyl (C=O) groups is 2. The van der Waals surface area contributed by atoms with E-state index in [0.717, 1.165) is 23.4 Å². The highest BCUT2D eigenvalue weighted by atomic mass is 32.1. The first-order valence-electron chi connectivity index (χ1n) is 9.29. The van der Waals surface area contributed by atoms with E-state index in [1.54, 1.807) is 24.3 Å². The lowest BCUT2D eigenvalue weighted by molar-refractivity contribution is -0.117. The van der Waals surface area contributed by atoms with Gasteiger partial charge in [0, 0.05) is 17.7 Å². The van der Waals surface area contributed by atoms with Crippen molar-refractivity contribution in [3.8, 4) is 0 Å². The summed E-state index contributed by atoms with van der Waals surface area (Å²) in [6.45, 7) is 0. The summed E-state index contributed by atoms with van der Waals surface area (Å²) in [5.74, 6) is 0.125. The Labute approximate surface area is 171 Å². The van der Waals surface area contributed by atoms with Crippen LogP contribution in [0.2, 0.25) is 0 Å². The lowest BCUT2D eigenvalue weighted by atomic mass is 10.1. The summed E-state index contributed by atoms with van der Waals surface area (Å²) in [4.78, 5) is 32.6. The van der Waals surface area contributed by atoms with E-state index in [9.17, 15) is 14.0 Å². The molecule has 2 aromatic heterocycles. The SMILES string of the molecule is O=C(Cc1csc(Cc2ccc(F)cc2)n1)Nc1ccc(NC(=O)C2CC2)nc1. The van der Waals surface area contributed by atoms with Gasteiger partial charge >= 0.3 is 0 Å². The second-order valence-electron chi connectivity index (χ2n) is 6.96. The first-order valence-corrected chi connectivity index (χ1v) is 10.2. The van der Waals surface area contributed by atoms with Crippen LogP contribution in [-0.4, -0.2) is 21.8 Å². The molecule has 0 atom stereocenters. The van der Waals surface area contributed by atoms with E-state index >= 15 is 0 Å². The Morgan fingerprint density at radius 1 is 1.10 bits per heavy atom. The van der Waals surface area contributed by atoms with Gasteiger partial charge in [-0.05, 0) is 42.7 Å². The number of amides is 2. The highest BCUT2D eigenvalue weighted by Gasteiger charge is 2.29. The van der Waals surface area contributed by atoms with Crippen LogP contribution >= 0.6 is 11.3 Å². The van der Waals surface area contributed by atoms with E-state index in [4.69, 9.17) is 0 Å². The molecule has 6 nitrogen and oxygen atoms in total. The Morgan fingerprint density at radius 2 is 1.90 bits per heavy atom. The molecule has 1 fully saturated rings. The van der Waals surface area contributed by atoms with Gasteiger partial charge in [0.1, 0.15) is 11.6 Å². The molecule has 1 saturated carbocycles. The van der Waals surface area contributed by atoms with Crippen molar-refractivity contribution >= 4 is 34.7 Å². The molecule has 0 unspecified atom stereocenters. The molecule has 2 amide bonds. The molecule has 1 aliphatic rings. The molecule has 3 aromatic rings. The number of anilines is 2. The van der Waals surface area contributed by atoms with E-state index in [-0.39, 0.29) is 30.0 Å². The van der Waals surface area contributed by atoms with Crippen LogP contribution in [0, 0.1) is 11.7 Å². The van der Waals surface area contributed by atoms with Gasteiger partial charge in [0.2, 0.25) is 11.8 Å².